The molecule has 0 fully saturated rings. The summed E-state index contributed by atoms with van der Waals surface area (Å²) in [7, 11) is 4.74. The van der Waals surface area contributed by atoms with Gasteiger partial charge in [-0.3, -0.25) is 4.79 Å². The van der Waals surface area contributed by atoms with Crippen molar-refractivity contribution in [3.63, 3.8) is 0 Å². The summed E-state index contributed by atoms with van der Waals surface area (Å²) < 4.78 is 22.0. The van der Waals surface area contributed by atoms with Gasteiger partial charge in [0.05, 0.1) is 21.3 Å². The zero-order chi connectivity index (χ0) is 22.2. The van der Waals surface area contributed by atoms with Gasteiger partial charge < -0.3 is 23.8 Å². The summed E-state index contributed by atoms with van der Waals surface area (Å²) in [6.45, 7) is 3.43. The van der Waals surface area contributed by atoms with Gasteiger partial charge >= 0.3 is 0 Å². The number of ether oxygens (including phenoxy) is 4. The first-order chi connectivity index (χ1) is 15.1. The van der Waals surface area contributed by atoms with Crippen molar-refractivity contribution in [3.8, 4) is 23.0 Å². The summed E-state index contributed by atoms with van der Waals surface area (Å²) in [5.74, 6) is 2.36. The van der Waals surface area contributed by atoms with Crippen LogP contribution in [0.2, 0.25) is 0 Å². The lowest BCUT2D eigenvalue weighted by molar-refractivity contribution is 0.0751. The Bertz CT molecular complexity index is 981. The fraction of sp³-hybridized carbons (Fsp3) is 0.292. The van der Waals surface area contributed by atoms with Crippen LogP contribution in [0.3, 0.4) is 0 Å². The van der Waals surface area contributed by atoms with Crippen LogP contribution in [-0.4, -0.2) is 38.7 Å². The Kier molecular flexibility index (Phi) is 7.78. The molecule has 0 aliphatic heterocycles. The van der Waals surface area contributed by atoms with Gasteiger partial charge in [0.1, 0.15) is 18.1 Å². The maximum atomic E-state index is 13.1. The summed E-state index contributed by atoms with van der Waals surface area (Å²) in [6, 6.07) is 15.0. The van der Waals surface area contributed by atoms with E-state index in [2.05, 4.69) is 0 Å². The van der Waals surface area contributed by atoms with E-state index in [4.69, 9.17) is 18.9 Å². The number of hydrogen-bond acceptors (Lipinski definition) is 6. The lowest BCUT2D eigenvalue weighted by atomic mass is 10.1. The van der Waals surface area contributed by atoms with Crippen molar-refractivity contribution in [1.29, 1.82) is 0 Å². The highest BCUT2D eigenvalue weighted by molar-refractivity contribution is 7.09. The summed E-state index contributed by atoms with van der Waals surface area (Å²) >= 11 is 1.65. The number of rotatable bonds is 10. The second-order valence-corrected chi connectivity index (χ2v) is 7.81. The molecule has 0 N–H and O–H groups in total. The van der Waals surface area contributed by atoms with Crippen LogP contribution < -0.4 is 18.9 Å². The maximum absolute atomic E-state index is 13.1. The molecular formula is C24H27NO5S. The number of methoxy groups -OCH3 is 3. The second kappa shape index (κ2) is 10.7. The number of carbonyl (C=O) groups excluding carboxylic acids is 1. The van der Waals surface area contributed by atoms with Gasteiger partial charge in [-0.15, -0.1) is 11.3 Å². The van der Waals surface area contributed by atoms with Crippen molar-refractivity contribution in [2.24, 2.45) is 0 Å². The molecule has 2 aromatic carbocycles. The maximum Gasteiger partial charge on any atom is 0.254 e. The molecule has 0 radical (unpaired) electrons. The predicted molar refractivity (Wildman–Crippen MR) is 122 cm³/mol. The molecule has 164 valence electrons. The number of amides is 1. The summed E-state index contributed by atoms with van der Waals surface area (Å²) in [4.78, 5) is 16.0. The van der Waals surface area contributed by atoms with E-state index in [9.17, 15) is 4.79 Å². The zero-order valence-corrected chi connectivity index (χ0v) is 19.0. The van der Waals surface area contributed by atoms with E-state index in [1.165, 1.54) is 0 Å². The van der Waals surface area contributed by atoms with Crippen LogP contribution in [0.25, 0.3) is 0 Å². The third-order valence-corrected chi connectivity index (χ3v) is 5.67. The third-order valence-electron chi connectivity index (χ3n) is 4.82. The average molecular weight is 442 g/mol. The standard InChI is InChI=1S/C24H27NO5S/c1-5-25(24(26)18-12-19(27-2)14-20(13-18)28-3)15-17-8-9-22(23(11-17)29-4)30-16-21-7-6-10-31-21/h6-14H,5,15-16H2,1-4H3. The van der Waals surface area contributed by atoms with Crippen LogP contribution in [0, 0.1) is 0 Å². The van der Waals surface area contributed by atoms with E-state index in [1.54, 1.807) is 55.8 Å². The molecule has 6 nitrogen and oxygen atoms in total. The first-order valence-electron chi connectivity index (χ1n) is 9.92. The third kappa shape index (κ3) is 5.70. The van der Waals surface area contributed by atoms with Gasteiger partial charge in [0.25, 0.3) is 5.91 Å². The molecule has 0 saturated heterocycles. The van der Waals surface area contributed by atoms with Gasteiger partial charge in [0.2, 0.25) is 0 Å². The van der Waals surface area contributed by atoms with Crippen LogP contribution in [0.1, 0.15) is 27.7 Å². The molecule has 0 aliphatic rings. The Hall–Kier alpha value is -3.19. The molecule has 31 heavy (non-hydrogen) atoms. The largest absolute Gasteiger partial charge is 0.497 e. The van der Waals surface area contributed by atoms with Gasteiger partial charge in [-0.05, 0) is 48.2 Å². The van der Waals surface area contributed by atoms with Gasteiger partial charge in [0, 0.05) is 29.6 Å². The Morgan fingerprint density at radius 2 is 1.68 bits per heavy atom. The van der Waals surface area contributed by atoms with Gasteiger partial charge in [-0.2, -0.15) is 0 Å². The predicted octanol–water partition coefficient (Wildman–Crippen LogP) is 5.02. The highest BCUT2D eigenvalue weighted by Crippen LogP contribution is 2.30. The van der Waals surface area contributed by atoms with Crippen LogP contribution in [0.5, 0.6) is 23.0 Å². The molecule has 1 amide bonds. The van der Waals surface area contributed by atoms with Crippen molar-refractivity contribution in [1.82, 2.24) is 4.90 Å². The van der Waals surface area contributed by atoms with E-state index in [0.29, 0.717) is 48.3 Å². The smallest absolute Gasteiger partial charge is 0.254 e. The monoisotopic (exact) mass is 441 g/mol. The van der Waals surface area contributed by atoms with E-state index >= 15 is 0 Å². The Labute approximate surface area is 186 Å². The first kappa shape index (κ1) is 22.5. The number of thiophene rings is 1. The lowest BCUT2D eigenvalue weighted by Gasteiger charge is -2.22. The Morgan fingerprint density at radius 3 is 2.26 bits per heavy atom. The topological polar surface area (TPSA) is 57.2 Å². The summed E-state index contributed by atoms with van der Waals surface area (Å²) in [5, 5.41) is 2.02. The molecule has 1 aromatic heterocycles. The normalized spacial score (nSPS) is 10.5. The van der Waals surface area contributed by atoms with Crippen LogP contribution in [0.4, 0.5) is 0 Å². The van der Waals surface area contributed by atoms with Crippen LogP contribution >= 0.6 is 11.3 Å². The summed E-state index contributed by atoms with van der Waals surface area (Å²) in [6.07, 6.45) is 0. The number of carbonyl (C=O) groups is 1. The minimum atomic E-state index is -0.100. The molecular weight excluding hydrogens is 414 g/mol. The van der Waals surface area contributed by atoms with Crippen molar-refractivity contribution in [2.75, 3.05) is 27.9 Å². The Balaban J connectivity index is 1.75. The average Bonchev–Trinajstić information content (AvgIpc) is 3.34. The molecule has 7 heteroatoms. The highest BCUT2D eigenvalue weighted by Gasteiger charge is 2.18. The van der Waals surface area contributed by atoms with Gasteiger partial charge in [-0.1, -0.05) is 12.1 Å². The van der Waals surface area contributed by atoms with Crippen molar-refractivity contribution in [2.45, 2.75) is 20.1 Å². The fourth-order valence-electron chi connectivity index (χ4n) is 3.13. The molecule has 3 aromatic rings. The van der Waals surface area contributed by atoms with E-state index < -0.39 is 0 Å². The molecule has 1 heterocycles. The SMILES string of the molecule is CCN(Cc1ccc(OCc2cccs2)c(OC)c1)C(=O)c1cc(OC)cc(OC)c1. The van der Waals surface area contributed by atoms with E-state index in [0.717, 1.165) is 10.4 Å². The first-order valence-corrected chi connectivity index (χ1v) is 10.8. The van der Waals surface area contributed by atoms with Crippen molar-refractivity contribution >= 4 is 17.2 Å². The lowest BCUT2D eigenvalue weighted by Crippen LogP contribution is -2.30. The molecule has 0 saturated carbocycles. The molecule has 0 spiro atoms. The fourth-order valence-corrected chi connectivity index (χ4v) is 3.75. The van der Waals surface area contributed by atoms with Crippen molar-refractivity contribution < 1.29 is 23.7 Å². The van der Waals surface area contributed by atoms with E-state index in [-0.39, 0.29) is 5.91 Å². The molecule has 0 unspecified atom stereocenters. The zero-order valence-electron chi connectivity index (χ0n) is 18.2. The minimum Gasteiger partial charge on any atom is -0.497 e. The number of nitrogens with zero attached hydrogens (tertiary/aromatic N) is 1. The van der Waals surface area contributed by atoms with Gasteiger partial charge in [-0.25, -0.2) is 0 Å². The number of hydrogen-bond donors (Lipinski definition) is 0. The highest BCUT2D eigenvalue weighted by atomic mass is 32.1. The Morgan fingerprint density at radius 1 is 0.935 bits per heavy atom. The van der Waals surface area contributed by atoms with Gasteiger partial charge in [0.15, 0.2) is 11.5 Å². The number of benzene rings is 2. The molecule has 0 aliphatic carbocycles. The molecule has 0 atom stereocenters. The van der Waals surface area contributed by atoms with Crippen molar-refractivity contribution in [3.05, 3.63) is 69.9 Å². The molecule has 3 rings (SSSR count). The minimum absolute atomic E-state index is 0.100. The quantitative estimate of drug-likeness (QED) is 0.442. The summed E-state index contributed by atoms with van der Waals surface area (Å²) in [5.41, 5.74) is 1.46. The molecule has 0 bridgehead atoms. The van der Waals surface area contributed by atoms with Crippen LogP contribution in [-0.2, 0) is 13.2 Å². The van der Waals surface area contributed by atoms with E-state index in [1.807, 2.05) is 42.6 Å². The second-order valence-electron chi connectivity index (χ2n) is 6.77. The van der Waals surface area contributed by atoms with Crippen LogP contribution in [0.15, 0.2) is 53.9 Å².